The number of benzene rings is 1. The summed E-state index contributed by atoms with van der Waals surface area (Å²) in [6.45, 7) is 2.76. The van der Waals surface area contributed by atoms with Crippen LogP contribution < -0.4 is 10.6 Å². The molecule has 29 heavy (non-hydrogen) atoms. The topological polar surface area (TPSA) is 92.6 Å². The molecule has 5 rings (SSSR count). The first-order valence-corrected chi connectivity index (χ1v) is 10.1. The van der Waals surface area contributed by atoms with E-state index in [0.29, 0.717) is 17.4 Å². The van der Waals surface area contributed by atoms with Gasteiger partial charge in [-0.2, -0.15) is 0 Å². The summed E-state index contributed by atoms with van der Waals surface area (Å²) in [7, 11) is 0. The number of nitrogens with zero attached hydrogens (tertiary/aromatic N) is 5. The Bertz CT molecular complexity index is 1160. The molecule has 4 heterocycles. The summed E-state index contributed by atoms with van der Waals surface area (Å²) in [5.74, 6) is 1.32. The van der Waals surface area contributed by atoms with Gasteiger partial charge in [-0.25, -0.2) is 4.98 Å². The number of aliphatic hydroxyl groups excluding tert-OH is 1. The van der Waals surface area contributed by atoms with Gasteiger partial charge in [0, 0.05) is 24.7 Å². The third-order valence-corrected chi connectivity index (χ3v) is 5.87. The molecular weight excluding hydrogens is 364 g/mol. The van der Waals surface area contributed by atoms with Crippen LogP contribution in [-0.2, 0) is 6.61 Å². The first-order chi connectivity index (χ1) is 14.3. The summed E-state index contributed by atoms with van der Waals surface area (Å²) < 4.78 is 1.91. The molecule has 3 aromatic heterocycles. The van der Waals surface area contributed by atoms with Gasteiger partial charge in [-0.3, -0.25) is 4.40 Å². The van der Waals surface area contributed by atoms with Crippen LogP contribution in [0, 0.1) is 5.92 Å². The van der Waals surface area contributed by atoms with E-state index in [1.54, 1.807) is 0 Å². The largest absolute Gasteiger partial charge is 0.392 e. The number of aliphatic hydroxyl groups is 1. The summed E-state index contributed by atoms with van der Waals surface area (Å²) in [6.07, 6.45) is 4.12. The maximum atomic E-state index is 9.34. The highest BCUT2D eigenvalue weighted by Crippen LogP contribution is 2.30. The molecule has 7 nitrogen and oxygen atoms in total. The molecular formula is C22H24N6O. The van der Waals surface area contributed by atoms with Crippen LogP contribution in [0.4, 0.5) is 5.69 Å². The molecule has 1 fully saturated rings. The molecule has 0 unspecified atom stereocenters. The third-order valence-electron chi connectivity index (χ3n) is 5.87. The quantitative estimate of drug-likeness (QED) is 0.558. The van der Waals surface area contributed by atoms with Gasteiger partial charge in [0.2, 0.25) is 0 Å². The number of para-hydroxylation sites is 1. The predicted octanol–water partition coefficient (Wildman–Crippen LogP) is 2.61. The van der Waals surface area contributed by atoms with Crippen molar-refractivity contribution in [1.82, 2.24) is 19.6 Å². The van der Waals surface area contributed by atoms with E-state index in [0.717, 1.165) is 60.3 Å². The van der Waals surface area contributed by atoms with E-state index in [4.69, 9.17) is 10.7 Å². The fraction of sp³-hybridized carbons (Fsp3) is 0.318. The van der Waals surface area contributed by atoms with E-state index in [2.05, 4.69) is 39.4 Å². The normalized spacial score (nSPS) is 15.4. The number of hydrogen-bond donors (Lipinski definition) is 2. The molecule has 1 saturated heterocycles. The highest BCUT2D eigenvalue weighted by atomic mass is 16.3. The number of fused-ring (bicyclic) bond motifs is 2. The van der Waals surface area contributed by atoms with Crippen molar-refractivity contribution >= 4 is 22.2 Å². The number of anilines is 1. The molecule has 0 saturated carbocycles. The summed E-state index contributed by atoms with van der Waals surface area (Å²) in [4.78, 5) is 7.40. The minimum absolute atomic E-state index is 0.0167. The predicted molar refractivity (Wildman–Crippen MR) is 114 cm³/mol. The Morgan fingerprint density at radius 2 is 1.93 bits per heavy atom. The van der Waals surface area contributed by atoms with Gasteiger partial charge in [-0.05, 0) is 55.1 Å². The van der Waals surface area contributed by atoms with Gasteiger partial charge < -0.3 is 15.7 Å². The van der Waals surface area contributed by atoms with Crippen molar-refractivity contribution in [1.29, 1.82) is 0 Å². The fourth-order valence-corrected chi connectivity index (χ4v) is 4.13. The lowest BCUT2D eigenvalue weighted by Crippen LogP contribution is -2.36. The van der Waals surface area contributed by atoms with Gasteiger partial charge in [-0.15, -0.1) is 10.2 Å². The van der Waals surface area contributed by atoms with E-state index in [1.807, 2.05) is 28.8 Å². The molecule has 0 amide bonds. The Labute approximate surface area is 168 Å². The molecule has 3 N–H and O–H groups in total. The lowest BCUT2D eigenvalue weighted by atomic mass is 9.96. The molecule has 1 aliphatic heterocycles. The summed E-state index contributed by atoms with van der Waals surface area (Å²) in [5.41, 5.74) is 10.3. The zero-order chi connectivity index (χ0) is 19.8. The first kappa shape index (κ1) is 18.0. The molecule has 0 spiro atoms. The standard InChI is InChI=1S/C22H24N6O/c23-13-15-6-9-27(10-7-15)19-3-1-2-17-4-5-18(24-21(17)19)22-26-25-20-12-16(14-29)8-11-28(20)22/h1-5,8,11-12,15,29H,6-7,9-10,13-14,23H2. The van der Waals surface area contributed by atoms with E-state index in [1.165, 1.54) is 0 Å². The van der Waals surface area contributed by atoms with Crippen LogP contribution in [0.25, 0.3) is 28.1 Å². The average Bonchev–Trinajstić information content (AvgIpc) is 3.21. The van der Waals surface area contributed by atoms with Crippen molar-refractivity contribution in [2.24, 2.45) is 11.7 Å². The summed E-state index contributed by atoms with van der Waals surface area (Å²) in [6, 6.07) is 14.1. The van der Waals surface area contributed by atoms with Crippen molar-refractivity contribution in [3.05, 3.63) is 54.2 Å². The zero-order valence-corrected chi connectivity index (χ0v) is 16.2. The second-order valence-electron chi connectivity index (χ2n) is 7.66. The second-order valence-corrected chi connectivity index (χ2v) is 7.66. The minimum atomic E-state index is -0.0167. The SMILES string of the molecule is NCC1CCN(c2cccc3ccc(-c4nnc5cc(CO)ccn45)nc23)CC1. The number of pyridine rings is 2. The molecule has 7 heteroatoms. The number of nitrogens with two attached hydrogens (primary N) is 1. The smallest absolute Gasteiger partial charge is 0.187 e. The van der Waals surface area contributed by atoms with Crippen molar-refractivity contribution in [2.75, 3.05) is 24.5 Å². The molecule has 0 bridgehead atoms. The fourth-order valence-electron chi connectivity index (χ4n) is 4.13. The van der Waals surface area contributed by atoms with Crippen LogP contribution in [0.1, 0.15) is 18.4 Å². The lowest BCUT2D eigenvalue weighted by molar-refractivity contribution is 0.282. The second kappa shape index (κ2) is 7.42. The average molecular weight is 388 g/mol. The number of hydrogen-bond acceptors (Lipinski definition) is 6. The van der Waals surface area contributed by atoms with Crippen LogP contribution in [0.5, 0.6) is 0 Å². The van der Waals surface area contributed by atoms with E-state index >= 15 is 0 Å². The van der Waals surface area contributed by atoms with Crippen LogP contribution in [0.15, 0.2) is 48.7 Å². The van der Waals surface area contributed by atoms with E-state index in [9.17, 15) is 5.11 Å². The maximum absolute atomic E-state index is 9.34. The zero-order valence-electron chi connectivity index (χ0n) is 16.2. The van der Waals surface area contributed by atoms with Crippen molar-refractivity contribution in [2.45, 2.75) is 19.4 Å². The van der Waals surface area contributed by atoms with Crippen LogP contribution in [0.3, 0.4) is 0 Å². The Morgan fingerprint density at radius 1 is 1.07 bits per heavy atom. The molecule has 148 valence electrons. The molecule has 1 aromatic carbocycles. The van der Waals surface area contributed by atoms with Crippen LogP contribution >= 0.6 is 0 Å². The molecule has 4 aromatic rings. The highest BCUT2D eigenvalue weighted by Gasteiger charge is 2.20. The van der Waals surface area contributed by atoms with Crippen LogP contribution in [-0.4, -0.2) is 44.3 Å². The molecule has 1 aliphatic rings. The van der Waals surface area contributed by atoms with Gasteiger partial charge in [0.05, 0.1) is 17.8 Å². The van der Waals surface area contributed by atoms with Crippen molar-refractivity contribution in [3.63, 3.8) is 0 Å². The van der Waals surface area contributed by atoms with Crippen LogP contribution in [0.2, 0.25) is 0 Å². The molecule has 0 atom stereocenters. The Hall–Kier alpha value is -3.03. The van der Waals surface area contributed by atoms with Crippen molar-refractivity contribution < 1.29 is 5.11 Å². The monoisotopic (exact) mass is 388 g/mol. The van der Waals surface area contributed by atoms with E-state index < -0.39 is 0 Å². The maximum Gasteiger partial charge on any atom is 0.187 e. The Kier molecular flexibility index (Phi) is 4.61. The third kappa shape index (κ3) is 3.22. The van der Waals surface area contributed by atoms with E-state index in [-0.39, 0.29) is 6.61 Å². The minimum Gasteiger partial charge on any atom is -0.392 e. The van der Waals surface area contributed by atoms with Crippen molar-refractivity contribution in [3.8, 4) is 11.5 Å². The summed E-state index contributed by atoms with van der Waals surface area (Å²) in [5, 5.41) is 19.1. The lowest BCUT2D eigenvalue weighted by Gasteiger charge is -2.33. The number of rotatable bonds is 4. The van der Waals surface area contributed by atoms with Gasteiger partial charge >= 0.3 is 0 Å². The Balaban J connectivity index is 1.57. The van der Waals surface area contributed by atoms with Gasteiger partial charge in [0.15, 0.2) is 11.5 Å². The molecule has 0 radical (unpaired) electrons. The Morgan fingerprint density at radius 3 is 2.72 bits per heavy atom. The molecule has 0 aliphatic carbocycles. The summed E-state index contributed by atoms with van der Waals surface area (Å²) >= 11 is 0. The highest BCUT2D eigenvalue weighted by molar-refractivity contribution is 5.92. The number of aromatic nitrogens is 4. The van der Waals surface area contributed by atoms with Gasteiger partial charge in [-0.1, -0.05) is 18.2 Å². The number of piperidine rings is 1. The van der Waals surface area contributed by atoms with Gasteiger partial charge in [0.1, 0.15) is 5.69 Å². The van der Waals surface area contributed by atoms with Gasteiger partial charge in [0.25, 0.3) is 0 Å². The first-order valence-electron chi connectivity index (χ1n) is 10.1.